The van der Waals surface area contributed by atoms with E-state index in [1.807, 2.05) is 0 Å². The molecule has 0 aromatic heterocycles. The zero-order valence-corrected chi connectivity index (χ0v) is 14.6. The molecule has 21 heavy (non-hydrogen) atoms. The summed E-state index contributed by atoms with van der Waals surface area (Å²) in [5, 5.41) is 0. The Morgan fingerprint density at radius 1 is 1.05 bits per heavy atom. The van der Waals surface area contributed by atoms with Crippen molar-refractivity contribution in [3.8, 4) is 0 Å². The molecule has 3 atom stereocenters. The molecule has 0 fully saturated rings. The third kappa shape index (κ3) is 9.55. The molecule has 0 aromatic carbocycles. The molecule has 0 N–H and O–H groups in total. The first kappa shape index (κ1) is 20.9. The van der Waals surface area contributed by atoms with E-state index in [-0.39, 0.29) is 18.1 Å². The molecule has 3 unspecified atom stereocenters. The Labute approximate surface area is 131 Å². The molecule has 0 bridgehead atoms. The lowest BCUT2D eigenvalue weighted by Gasteiger charge is -2.33. The van der Waals surface area contributed by atoms with Gasteiger partial charge in [-0.05, 0) is 32.1 Å². The van der Waals surface area contributed by atoms with Gasteiger partial charge in [0.25, 0.3) is 0 Å². The van der Waals surface area contributed by atoms with Crippen LogP contribution in [0.25, 0.3) is 0 Å². The minimum atomic E-state index is -2.56. The molecule has 6 nitrogen and oxygen atoms in total. The maximum atomic E-state index is 10.2. The molecular formula is C14H29O6S-. The van der Waals surface area contributed by atoms with E-state index in [9.17, 15) is 8.76 Å². The second kappa shape index (κ2) is 11.5. The summed E-state index contributed by atoms with van der Waals surface area (Å²) in [6.45, 7) is 11.9. The van der Waals surface area contributed by atoms with Crippen LogP contribution in [0, 0.1) is 5.41 Å². The molecule has 0 radical (unpaired) electrons. The molecular weight excluding hydrogens is 296 g/mol. The fourth-order valence-corrected chi connectivity index (χ4v) is 2.10. The van der Waals surface area contributed by atoms with Gasteiger partial charge in [0, 0.05) is 0 Å². The molecule has 128 valence electrons. The molecule has 0 heterocycles. The van der Waals surface area contributed by atoms with Crippen LogP contribution in [-0.4, -0.2) is 47.6 Å². The van der Waals surface area contributed by atoms with E-state index >= 15 is 0 Å². The molecule has 0 rings (SSSR count). The van der Waals surface area contributed by atoms with Crippen LogP contribution in [0.2, 0.25) is 0 Å². The molecule has 0 aliphatic rings. The summed E-state index contributed by atoms with van der Waals surface area (Å²) in [4.78, 5) is 0. The standard InChI is InChI=1S/C14H30O6S/c1-6-14(5,7-2)12(3)18-10-8-17-9-11-19-13(4)20-21(15)16/h12-13H,6-11H2,1-5H3,(H,15,16)/p-1. The Kier molecular flexibility index (Phi) is 11.5. The summed E-state index contributed by atoms with van der Waals surface area (Å²) in [6, 6.07) is 0. The van der Waals surface area contributed by atoms with Gasteiger partial charge in [-0.3, -0.25) is 4.18 Å². The maximum absolute atomic E-state index is 10.2. The van der Waals surface area contributed by atoms with Crippen LogP contribution in [0.15, 0.2) is 0 Å². The highest BCUT2D eigenvalue weighted by Crippen LogP contribution is 2.31. The third-order valence-electron chi connectivity index (χ3n) is 3.99. The lowest BCUT2D eigenvalue weighted by molar-refractivity contribution is -0.0901. The Balaban J connectivity index is 3.58. The van der Waals surface area contributed by atoms with Gasteiger partial charge in [-0.25, -0.2) is 4.21 Å². The zero-order valence-electron chi connectivity index (χ0n) is 13.8. The van der Waals surface area contributed by atoms with Crippen LogP contribution in [0.1, 0.15) is 47.5 Å². The summed E-state index contributed by atoms with van der Waals surface area (Å²) in [7, 11) is 0. The highest BCUT2D eigenvalue weighted by Gasteiger charge is 2.27. The van der Waals surface area contributed by atoms with E-state index in [0.29, 0.717) is 19.8 Å². The predicted molar refractivity (Wildman–Crippen MR) is 80.3 cm³/mol. The minimum Gasteiger partial charge on any atom is -0.750 e. The van der Waals surface area contributed by atoms with E-state index in [1.165, 1.54) is 6.92 Å². The molecule has 0 spiro atoms. The monoisotopic (exact) mass is 325 g/mol. The Morgan fingerprint density at radius 3 is 2.05 bits per heavy atom. The summed E-state index contributed by atoms with van der Waals surface area (Å²) in [5.74, 6) is 0. The van der Waals surface area contributed by atoms with Gasteiger partial charge in [0.2, 0.25) is 0 Å². The second-order valence-corrected chi connectivity index (χ2v) is 5.83. The molecule has 0 aromatic rings. The first-order chi connectivity index (χ1) is 9.85. The van der Waals surface area contributed by atoms with Crippen molar-refractivity contribution < 1.29 is 27.2 Å². The van der Waals surface area contributed by atoms with Gasteiger partial charge in [-0.2, -0.15) is 0 Å². The summed E-state index contributed by atoms with van der Waals surface area (Å²) in [6.07, 6.45) is 1.56. The van der Waals surface area contributed by atoms with Crippen LogP contribution in [0.3, 0.4) is 0 Å². The Bertz CT molecular complexity index is 283. The Hall–Kier alpha value is -0.0500. The van der Waals surface area contributed by atoms with Crippen molar-refractivity contribution >= 4 is 11.4 Å². The van der Waals surface area contributed by atoms with Crippen LogP contribution in [-0.2, 0) is 29.8 Å². The number of ether oxygens (including phenoxy) is 3. The summed E-state index contributed by atoms with van der Waals surface area (Å²) in [5.41, 5.74) is 0.198. The van der Waals surface area contributed by atoms with Crippen LogP contribution in [0.5, 0.6) is 0 Å². The first-order valence-corrected chi connectivity index (χ1v) is 8.43. The van der Waals surface area contributed by atoms with Gasteiger partial charge in [-0.15, -0.1) is 0 Å². The molecule has 0 saturated carbocycles. The zero-order chi connectivity index (χ0) is 16.3. The van der Waals surface area contributed by atoms with E-state index in [4.69, 9.17) is 14.2 Å². The highest BCUT2D eigenvalue weighted by atomic mass is 32.2. The van der Waals surface area contributed by atoms with Gasteiger partial charge in [0.15, 0.2) is 6.29 Å². The van der Waals surface area contributed by atoms with Gasteiger partial charge >= 0.3 is 0 Å². The van der Waals surface area contributed by atoms with Crippen LogP contribution in [0.4, 0.5) is 0 Å². The summed E-state index contributed by atoms with van der Waals surface area (Å²) >= 11 is -2.56. The molecule has 7 heteroatoms. The third-order valence-corrected chi connectivity index (χ3v) is 4.41. The highest BCUT2D eigenvalue weighted by molar-refractivity contribution is 7.74. The lowest BCUT2D eigenvalue weighted by atomic mass is 9.80. The number of hydrogen-bond donors (Lipinski definition) is 0. The van der Waals surface area contributed by atoms with Gasteiger partial charge < -0.3 is 18.8 Å². The fourth-order valence-electron chi connectivity index (χ4n) is 1.82. The van der Waals surface area contributed by atoms with E-state index in [2.05, 4.69) is 31.9 Å². The number of rotatable bonds is 13. The van der Waals surface area contributed by atoms with E-state index in [1.54, 1.807) is 0 Å². The minimum absolute atomic E-state index is 0.188. The van der Waals surface area contributed by atoms with Crippen LogP contribution < -0.4 is 0 Å². The van der Waals surface area contributed by atoms with E-state index in [0.717, 1.165) is 12.8 Å². The van der Waals surface area contributed by atoms with Crippen molar-refractivity contribution in [1.29, 1.82) is 0 Å². The first-order valence-electron chi connectivity index (χ1n) is 7.43. The molecule has 0 amide bonds. The molecule has 0 aliphatic carbocycles. The van der Waals surface area contributed by atoms with E-state index < -0.39 is 17.7 Å². The quantitative estimate of drug-likeness (QED) is 0.294. The van der Waals surface area contributed by atoms with Crippen molar-refractivity contribution in [3.63, 3.8) is 0 Å². The SMILES string of the molecule is CCC(C)(CC)C(C)OCCOCCOC(C)OS(=O)[O-]. The normalized spacial score (nSPS) is 16.7. The van der Waals surface area contributed by atoms with Crippen molar-refractivity contribution in [2.75, 3.05) is 26.4 Å². The second-order valence-electron chi connectivity index (χ2n) is 5.23. The van der Waals surface area contributed by atoms with Crippen molar-refractivity contribution in [2.45, 2.75) is 59.9 Å². The van der Waals surface area contributed by atoms with Gasteiger partial charge in [-0.1, -0.05) is 20.8 Å². The maximum Gasteiger partial charge on any atom is 0.169 e. The van der Waals surface area contributed by atoms with Crippen molar-refractivity contribution in [1.82, 2.24) is 0 Å². The van der Waals surface area contributed by atoms with Crippen molar-refractivity contribution in [3.05, 3.63) is 0 Å². The van der Waals surface area contributed by atoms with Gasteiger partial charge in [0.05, 0.1) is 43.9 Å². The molecule has 0 saturated heterocycles. The molecule has 0 aliphatic heterocycles. The summed E-state index contributed by atoms with van der Waals surface area (Å²) < 4.78 is 41.1. The largest absolute Gasteiger partial charge is 0.750 e. The van der Waals surface area contributed by atoms with Crippen LogP contribution >= 0.6 is 0 Å². The Morgan fingerprint density at radius 2 is 1.57 bits per heavy atom. The smallest absolute Gasteiger partial charge is 0.169 e. The fraction of sp³-hybridized carbons (Fsp3) is 1.00. The van der Waals surface area contributed by atoms with Gasteiger partial charge in [0.1, 0.15) is 0 Å². The average Bonchev–Trinajstić information content (AvgIpc) is 2.44. The average molecular weight is 325 g/mol. The number of hydrogen-bond acceptors (Lipinski definition) is 6. The van der Waals surface area contributed by atoms with Crippen molar-refractivity contribution in [2.24, 2.45) is 5.41 Å². The predicted octanol–water partition coefficient (Wildman–Crippen LogP) is 2.41. The topological polar surface area (TPSA) is 77.0 Å². The lowest BCUT2D eigenvalue weighted by Crippen LogP contribution is -2.32.